The van der Waals surface area contributed by atoms with Crippen LogP contribution in [0.15, 0.2) is 230 Å². The van der Waals surface area contributed by atoms with Gasteiger partial charge in [0.2, 0.25) is 0 Å². The van der Waals surface area contributed by atoms with E-state index in [0.717, 1.165) is 12.8 Å². The molecule has 0 saturated heterocycles. The average molecular weight is 885 g/mol. The van der Waals surface area contributed by atoms with Crippen molar-refractivity contribution in [2.45, 2.75) is 80.6 Å². The van der Waals surface area contributed by atoms with E-state index in [1.807, 2.05) is 80.6 Å². The number of allylic oxidation sites excluding steroid dienone is 6. The van der Waals surface area contributed by atoms with Crippen molar-refractivity contribution in [3.63, 3.8) is 0 Å². The largest absolute Gasteiger partial charge is 0.0991 e. The van der Waals surface area contributed by atoms with Gasteiger partial charge in [0.25, 0.3) is 0 Å². The molecule has 0 bridgehead atoms. The number of hydrogen-bond acceptors (Lipinski definition) is 0. The number of aryl methyl sites for hydroxylation is 6. The quantitative estimate of drug-likeness (QED) is 0.152. The molecule has 68 heavy (non-hydrogen) atoms. The fraction of sp³-hybridized carbons (Fsp3) is 0.176. The maximum absolute atomic E-state index is 3.70. The second kappa shape index (κ2) is 22.5. The molecule has 0 heteroatoms. The summed E-state index contributed by atoms with van der Waals surface area (Å²) in [6, 6.07) is 69.6. The van der Waals surface area contributed by atoms with Crippen molar-refractivity contribution in [3.8, 4) is 11.1 Å². The van der Waals surface area contributed by atoms with Gasteiger partial charge in [0.05, 0.1) is 5.41 Å². The molecule has 1 atom stereocenters. The summed E-state index contributed by atoms with van der Waals surface area (Å²) >= 11 is 0. The highest BCUT2D eigenvalue weighted by molar-refractivity contribution is 6.01. The molecule has 0 amide bonds. The van der Waals surface area contributed by atoms with Gasteiger partial charge in [-0.15, -0.1) is 0 Å². The molecule has 12 rings (SSSR count). The zero-order valence-electron chi connectivity index (χ0n) is 41.8. The van der Waals surface area contributed by atoms with E-state index >= 15 is 0 Å². The van der Waals surface area contributed by atoms with E-state index in [0.29, 0.717) is 0 Å². The van der Waals surface area contributed by atoms with Crippen molar-refractivity contribution < 1.29 is 0 Å². The zero-order chi connectivity index (χ0) is 48.2. The third-order valence-corrected chi connectivity index (χ3v) is 13.4. The van der Waals surface area contributed by atoms with Gasteiger partial charge in [0.1, 0.15) is 0 Å². The van der Waals surface area contributed by atoms with Crippen molar-refractivity contribution in [1.82, 2.24) is 0 Å². The van der Waals surface area contributed by atoms with Crippen LogP contribution in [0.2, 0.25) is 0 Å². The second-order valence-electron chi connectivity index (χ2n) is 18.1. The third-order valence-electron chi connectivity index (χ3n) is 13.4. The predicted molar refractivity (Wildman–Crippen MR) is 296 cm³/mol. The van der Waals surface area contributed by atoms with Gasteiger partial charge in [-0.05, 0) is 145 Å². The van der Waals surface area contributed by atoms with Gasteiger partial charge in [0, 0.05) is 0 Å². The van der Waals surface area contributed by atoms with Crippen LogP contribution in [0, 0.1) is 41.5 Å². The SMILES string of the molecule is C=C/C=C\C1=C(C)c2cccc(C)c2C1.CC.Cc1ccc2c(c1)C1(C3=C2c2ccccc2C3)c2ccccc2-c2ccc(C)cc21.Cc1ccccc1.Cc1ccccc1.Cc1ccccc1. The lowest BCUT2D eigenvalue weighted by Gasteiger charge is -2.32. The van der Waals surface area contributed by atoms with Gasteiger partial charge in [-0.2, -0.15) is 0 Å². The Labute approximate surface area is 408 Å². The van der Waals surface area contributed by atoms with E-state index < -0.39 is 0 Å². The predicted octanol–water partition coefficient (Wildman–Crippen LogP) is 18.1. The van der Waals surface area contributed by atoms with E-state index in [4.69, 9.17) is 0 Å². The fourth-order valence-electron chi connectivity index (χ4n) is 10.1. The highest BCUT2D eigenvalue weighted by Crippen LogP contribution is 2.65. The Morgan fingerprint density at radius 2 is 0.882 bits per heavy atom. The summed E-state index contributed by atoms with van der Waals surface area (Å²) in [6.45, 7) is 22.8. The normalized spacial score (nSPS) is 14.7. The lowest BCUT2D eigenvalue weighted by Crippen LogP contribution is -2.28. The molecule has 0 radical (unpaired) electrons. The molecular formula is C68H68. The Morgan fingerprint density at radius 1 is 0.412 bits per heavy atom. The smallest absolute Gasteiger partial charge is 0.0692 e. The first kappa shape index (κ1) is 48.6. The molecule has 0 N–H and O–H groups in total. The van der Waals surface area contributed by atoms with Crippen LogP contribution in [-0.2, 0) is 18.3 Å². The molecule has 4 aliphatic rings. The summed E-state index contributed by atoms with van der Waals surface area (Å²) in [6.07, 6.45) is 8.11. The minimum absolute atomic E-state index is 0.173. The summed E-state index contributed by atoms with van der Waals surface area (Å²) in [5, 5.41) is 0. The highest BCUT2D eigenvalue weighted by Gasteiger charge is 2.54. The molecule has 0 nitrogen and oxygen atoms in total. The van der Waals surface area contributed by atoms with Crippen molar-refractivity contribution >= 4 is 11.1 Å². The maximum Gasteiger partial charge on any atom is 0.0692 e. The lowest BCUT2D eigenvalue weighted by atomic mass is 9.68. The Bertz CT molecular complexity index is 2990. The standard InChI is InChI=1S/C30H22.C15H16.3C7H8.C2H6/c1-18-11-13-23-22-9-5-6-10-25(22)30(26(23)15-18)27-16-19(2)12-14-24(27)29-21-8-4-3-7-20(21)17-28(29)30;1-4-5-8-13-10-15-11(2)7-6-9-14(15)12(13)3;3*1-7-5-3-2-4-6-7;1-2/h3-16H,17H2,1-2H3;4-9H,1,10H2,2-3H3;3*2-6H,1H3;1-2H3/b;8-5-;;;;. The topological polar surface area (TPSA) is 0 Å². The molecule has 0 heterocycles. The first-order valence-corrected chi connectivity index (χ1v) is 24.4. The van der Waals surface area contributed by atoms with E-state index in [2.05, 4.69) is 201 Å². The fourth-order valence-corrected chi connectivity index (χ4v) is 10.1. The highest BCUT2D eigenvalue weighted by atomic mass is 14.6. The number of benzene rings is 8. The van der Waals surface area contributed by atoms with Crippen LogP contribution in [0.4, 0.5) is 0 Å². The van der Waals surface area contributed by atoms with E-state index in [9.17, 15) is 0 Å². The molecule has 0 aromatic heterocycles. The minimum atomic E-state index is -0.173. The molecular weight excluding hydrogens is 817 g/mol. The van der Waals surface area contributed by atoms with E-state index in [1.54, 1.807) is 5.57 Å². The van der Waals surface area contributed by atoms with Crippen LogP contribution in [0.3, 0.4) is 0 Å². The lowest BCUT2D eigenvalue weighted by molar-refractivity contribution is 0.743. The Morgan fingerprint density at radius 3 is 1.41 bits per heavy atom. The summed E-state index contributed by atoms with van der Waals surface area (Å²) in [5.74, 6) is 0. The second-order valence-corrected chi connectivity index (χ2v) is 18.1. The molecule has 8 aromatic carbocycles. The number of rotatable bonds is 2. The molecule has 340 valence electrons. The van der Waals surface area contributed by atoms with Crippen molar-refractivity contribution in [1.29, 1.82) is 0 Å². The Balaban J connectivity index is 0.000000149. The Kier molecular flexibility index (Phi) is 16.1. The van der Waals surface area contributed by atoms with Gasteiger partial charge in [-0.1, -0.05) is 261 Å². The first-order chi connectivity index (χ1) is 33.1. The molecule has 4 aliphatic carbocycles. The van der Waals surface area contributed by atoms with Crippen molar-refractivity contribution in [2.75, 3.05) is 0 Å². The average Bonchev–Trinajstić information content (AvgIpc) is 4.07. The molecule has 0 aliphatic heterocycles. The van der Waals surface area contributed by atoms with Crippen LogP contribution in [0.1, 0.15) is 98.7 Å². The van der Waals surface area contributed by atoms with Crippen LogP contribution in [0.5, 0.6) is 0 Å². The van der Waals surface area contributed by atoms with Crippen molar-refractivity contribution in [3.05, 3.63) is 308 Å². The van der Waals surface area contributed by atoms with Crippen LogP contribution < -0.4 is 0 Å². The molecule has 1 unspecified atom stereocenters. The van der Waals surface area contributed by atoms with Gasteiger partial charge in [0.15, 0.2) is 0 Å². The summed E-state index contributed by atoms with van der Waals surface area (Å²) in [4.78, 5) is 0. The zero-order valence-corrected chi connectivity index (χ0v) is 41.8. The molecule has 0 fully saturated rings. The number of fused-ring (bicyclic) bond motifs is 12. The third kappa shape index (κ3) is 10.2. The van der Waals surface area contributed by atoms with Gasteiger partial charge in [-0.3, -0.25) is 0 Å². The van der Waals surface area contributed by atoms with Crippen LogP contribution in [-0.4, -0.2) is 0 Å². The summed E-state index contributed by atoms with van der Waals surface area (Å²) < 4.78 is 0. The molecule has 8 aromatic rings. The molecule has 0 saturated carbocycles. The summed E-state index contributed by atoms with van der Waals surface area (Å²) in [5.41, 5.74) is 28.1. The maximum atomic E-state index is 3.70. The van der Waals surface area contributed by atoms with Gasteiger partial charge in [-0.25, -0.2) is 0 Å². The van der Waals surface area contributed by atoms with E-state index in [-0.39, 0.29) is 5.41 Å². The van der Waals surface area contributed by atoms with Crippen LogP contribution >= 0.6 is 0 Å². The molecule has 1 spiro atoms. The van der Waals surface area contributed by atoms with Gasteiger partial charge >= 0.3 is 0 Å². The summed E-state index contributed by atoms with van der Waals surface area (Å²) in [7, 11) is 0. The number of hydrogen-bond donors (Lipinski definition) is 0. The Hall–Kier alpha value is -7.28. The monoisotopic (exact) mass is 885 g/mol. The van der Waals surface area contributed by atoms with Crippen molar-refractivity contribution in [2.24, 2.45) is 0 Å². The van der Waals surface area contributed by atoms with E-state index in [1.165, 1.54) is 106 Å². The first-order valence-electron chi connectivity index (χ1n) is 24.4. The minimum Gasteiger partial charge on any atom is -0.0991 e. The van der Waals surface area contributed by atoms with Crippen LogP contribution in [0.25, 0.3) is 22.3 Å². The van der Waals surface area contributed by atoms with Gasteiger partial charge < -0.3 is 0 Å².